The van der Waals surface area contributed by atoms with Crippen molar-refractivity contribution in [2.45, 2.75) is 32.1 Å². The minimum atomic E-state index is -0.329. The summed E-state index contributed by atoms with van der Waals surface area (Å²) in [5, 5.41) is 13.2. The van der Waals surface area contributed by atoms with Crippen LogP contribution in [0.15, 0.2) is 18.5 Å². The van der Waals surface area contributed by atoms with Crippen LogP contribution >= 0.6 is 0 Å². The maximum absolute atomic E-state index is 12.3. The molecule has 2 rings (SSSR count). The Hall–Kier alpha value is -1.40. The zero-order valence-electron chi connectivity index (χ0n) is 10.7. The Morgan fingerprint density at radius 2 is 2.39 bits per heavy atom. The number of carbonyl (C=O) groups is 1. The summed E-state index contributed by atoms with van der Waals surface area (Å²) in [5.41, 5.74) is 0. The van der Waals surface area contributed by atoms with Crippen LogP contribution in [0.2, 0.25) is 0 Å². The number of nitrogens with zero attached hydrogens (tertiary/aromatic N) is 3. The standard InChI is InChI=1S/C12H19N3O3/c1-9-6-14(7-11(8-16)18-9)12(17)10(2)15-5-3-4-13-15/h3-5,9-11,16H,6-8H2,1-2H3. The van der Waals surface area contributed by atoms with Crippen molar-refractivity contribution in [2.75, 3.05) is 19.7 Å². The van der Waals surface area contributed by atoms with Crippen LogP contribution in [0, 0.1) is 0 Å². The van der Waals surface area contributed by atoms with Crippen LogP contribution in [0.5, 0.6) is 0 Å². The lowest BCUT2D eigenvalue weighted by Crippen LogP contribution is -2.51. The maximum atomic E-state index is 12.3. The van der Waals surface area contributed by atoms with Crippen molar-refractivity contribution >= 4 is 5.91 Å². The number of aromatic nitrogens is 2. The molecule has 0 saturated carbocycles. The average Bonchev–Trinajstić information content (AvgIpc) is 2.90. The molecule has 1 saturated heterocycles. The molecule has 1 amide bonds. The summed E-state index contributed by atoms with van der Waals surface area (Å²) in [6, 6.07) is 1.46. The number of ether oxygens (including phenoxy) is 1. The van der Waals surface area contributed by atoms with E-state index in [0.29, 0.717) is 13.1 Å². The van der Waals surface area contributed by atoms with E-state index in [9.17, 15) is 4.79 Å². The van der Waals surface area contributed by atoms with Gasteiger partial charge in [0, 0.05) is 25.5 Å². The van der Waals surface area contributed by atoms with E-state index in [-0.39, 0.29) is 30.8 Å². The molecule has 0 spiro atoms. The summed E-state index contributed by atoms with van der Waals surface area (Å²) in [5.74, 6) is 0.00676. The Balaban J connectivity index is 2.04. The molecule has 2 heterocycles. The van der Waals surface area contributed by atoms with Gasteiger partial charge < -0.3 is 14.7 Å². The van der Waals surface area contributed by atoms with Crippen molar-refractivity contribution in [3.8, 4) is 0 Å². The second kappa shape index (κ2) is 5.49. The molecule has 0 bridgehead atoms. The number of hydrogen-bond donors (Lipinski definition) is 1. The summed E-state index contributed by atoms with van der Waals surface area (Å²) in [4.78, 5) is 14.1. The number of amides is 1. The molecule has 0 radical (unpaired) electrons. The van der Waals surface area contributed by atoms with E-state index >= 15 is 0 Å². The Kier molecular flexibility index (Phi) is 3.98. The highest BCUT2D eigenvalue weighted by Crippen LogP contribution is 2.15. The molecule has 100 valence electrons. The number of aliphatic hydroxyl groups is 1. The molecule has 1 N–H and O–H groups in total. The van der Waals surface area contributed by atoms with Gasteiger partial charge in [0.15, 0.2) is 0 Å². The molecule has 1 aliphatic rings. The highest BCUT2D eigenvalue weighted by molar-refractivity contribution is 5.80. The molecule has 6 nitrogen and oxygen atoms in total. The van der Waals surface area contributed by atoms with Crippen molar-refractivity contribution in [2.24, 2.45) is 0 Å². The number of rotatable bonds is 3. The van der Waals surface area contributed by atoms with Gasteiger partial charge in [-0.3, -0.25) is 9.48 Å². The van der Waals surface area contributed by atoms with Gasteiger partial charge in [0.05, 0.1) is 18.8 Å². The molecular formula is C12H19N3O3. The van der Waals surface area contributed by atoms with Gasteiger partial charge in [-0.15, -0.1) is 0 Å². The highest BCUT2D eigenvalue weighted by atomic mass is 16.5. The van der Waals surface area contributed by atoms with Crippen molar-refractivity contribution in [1.82, 2.24) is 14.7 Å². The quantitative estimate of drug-likeness (QED) is 0.826. The smallest absolute Gasteiger partial charge is 0.247 e. The van der Waals surface area contributed by atoms with Crippen LogP contribution in [0.4, 0.5) is 0 Å². The summed E-state index contributed by atoms with van der Waals surface area (Å²) in [7, 11) is 0. The second-order valence-corrected chi connectivity index (χ2v) is 4.66. The number of hydrogen-bond acceptors (Lipinski definition) is 4. The Labute approximate surface area is 106 Å². The summed E-state index contributed by atoms with van der Waals surface area (Å²) < 4.78 is 7.16. The number of carbonyl (C=O) groups excluding carboxylic acids is 1. The molecule has 6 heteroatoms. The maximum Gasteiger partial charge on any atom is 0.247 e. The predicted octanol–water partition coefficient (Wildman–Crippen LogP) is 0.0523. The first-order valence-electron chi connectivity index (χ1n) is 6.16. The summed E-state index contributed by atoms with van der Waals surface area (Å²) in [6.07, 6.45) is 3.09. The molecule has 18 heavy (non-hydrogen) atoms. The largest absolute Gasteiger partial charge is 0.394 e. The molecule has 1 aromatic heterocycles. The minimum absolute atomic E-state index is 0.00676. The van der Waals surface area contributed by atoms with Gasteiger partial charge in [-0.25, -0.2) is 0 Å². The molecule has 0 aliphatic carbocycles. The van der Waals surface area contributed by atoms with E-state index in [1.54, 1.807) is 28.0 Å². The van der Waals surface area contributed by atoms with E-state index in [4.69, 9.17) is 9.84 Å². The lowest BCUT2D eigenvalue weighted by Gasteiger charge is -2.37. The molecule has 3 atom stereocenters. The van der Waals surface area contributed by atoms with Crippen molar-refractivity contribution in [1.29, 1.82) is 0 Å². The SMILES string of the molecule is CC1CN(C(=O)C(C)n2cccn2)CC(CO)O1. The number of aliphatic hydroxyl groups excluding tert-OH is 1. The summed E-state index contributed by atoms with van der Waals surface area (Å²) in [6.45, 7) is 4.65. The Bertz CT molecular complexity index is 393. The summed E-state index contributed by atoms with van der Waals surface area (Å²) >= 11 is 0. The fraction of sp³-hybridized carbons (Fsp3) is 0.667. The third kappa shape index (κ3) is 2.70. The van der Waals surface area contributed by atoms with Crippen LogP contribution in [0.1, 0.15) is 19.9 Å². The van der Waals surface area contributed by atoms with E-state index < -0.39 is 0 Å². The van der Waals surface area contributed by atoms with Crippen molar-refractivity contribution in [3.63, 3.8) is 0 Å². The second-order valence-electron chi connectivity index (χ2n) is 4.66. The third-order valence-corrected chi connectivity index (χ3v) is 3.12. The minimum Gasteiger partial charge on any atom is -0.394 e. The van der Waals surface area contributed by atoms with Gasteiger partial charge in [0.25, 0.3) is 0 Å². The monoisotopic (exact) mass is 253 g/mol. The van der Waals surface area contributed by atoms with E-state index in [1.807, 2.05) is 13.8 Å². The van der Waals surface area contributed by atoms with E-state index in [2.05, 4.69) is 5.10 Å². The number of morpholine rings is 1. The third-order valence-electron chi connectivity index (χ3n) is 3.12. The van der Waals surface area contributed by atoms with Crippen LogP contribution in [0.3, 0.4) is 0 Å². The molecule has 1 aromatic rings. The fourth-order valence-electron chi connectivity index (χ4n) is 2.21. The van der Waals surface area contributed by atoms with Crippen LogP contribution in [-0.4, -0.2) is 57.6 Å². The van der Waals surface area contributed by atoms with Gasteiger partial charge >= 0.3 is 0 Å². The van der Waals surface area contributed by atoms with Crippen molar-refractivity contribution < 1.29 is 14.6 Å². The molecule has 0 aromatic carbocycles. The lowest BCUT2D eigenvalue weighted by atomic mass is 10.2. The van der Waals surface area contributed by atoms with Gasteiger partial charge in [0.2, 0.25) is 5.91 Å². The molecule has 1 aliphatic heterocycles. The zero-order valence-corrected chi connectivity index (χ0v) is 10.7. The predicted molar refractivity (Wildman–Crippen MR) is 64.9 cm³/mol. The molecular weight excluding hydrogens is 234 g/mol. The highest BCUT2D eigenvalue weighted by Gasteiger charge is 2.30. The Morgan fingerprint density at radius 1 is 1.61 bits per heavy atom. The van der Waals surface area contributed by atoms with Gasteiger partial charge in [-0.1, -0.05) is 0 Å². The van der Waals surface area contributed by atoms with Gasteiger partial charge in [0.1, 0.15) is 6.04 Å². The lowest BCUT2D eigenvalue weighted by molar-refractivity contribution is -0.150. The fourth-order valence-corrected chi connectivity index (χ4v) is 2.21. The normalized spacial score (nSPS) is 26.1. The topological polar surface area (TPSA) is 67.6 Å². The van der Waals surface area contributed by atoms with Crippen LogP contribution < -0.4 is 0 Å². The van der Waals surface area contributed by atoms with E-state index in [1.165, 1.54) is 0 Å². The average molecular weight is 253 g/mol. The van der Waals surface area contributed by atoms with E-state index in [0.717, 1.165) is 0 Å². The van der Waals surface area contributed by atoms with Crippen LogP contribution in [-0.2, 0) is 9.53 Å². The van der Waals surface area contributed by atoms with Crippen molar-refractivity contribution in [3.05, 3.63) is 18.5 Å². The van der Waals surface area contributed by atoms with Crippen LogP contribution in [0.25, 0.3) is 0 Å². The van der Waals surface area contributed by atoms with Gasteiger partial charge in [-0.2, -0.15) is 5.10 Å². The zero-order chi connectivity index (χ0) is 13.1. The Morgan fingerprint density at radius 3 is 3.00 bits per heavy atom. The first kappa shape index (κ1) is 13.0. The molecule has 3 unspecified atom stereocenters. The first-order valence-corrected chi connectivity index (χ1v) is 6.16. The first-order chi connectivity index (χ1) is 8.61. The van der Waals surface area contributed by atoms with Gasteiger partial charge in [-0.05, 0) is 19.9 Å². The molecule has 1 fully saturated rings.